The summed E-state index contributed by atoms with van der Waals surface area (Å²) in [7, 11) is 1.77. The van der Waals surface area contributed by atoms with E-state index in [9.17, 15) is 0 Å². The fourth-order valence-electron chi connectivity index (χ4n) is 2.47. The number of rotatable bonds is 7. The first-order valence-electron chi connectivity index (χ1n) is 6.21. The Morgan fingerprint density at radius 1 is 1.47 bits per heavy atom. The van der Waals surface area contributed by atoms with Gasteiger partial charge in [-0.1, -0.05) is 6.92 Å². The van der Waals surface area contributed by atoms with Gasteiger partial charge in [-0.15, -0.1) is 0 Å². The van der Waals surface area contributed by atoms with Crippen LogP contribution < -0.4 is 11.1 Å². The van der Waals surface area contributed by atoms with Gasteiger partial charge in [-0.05, 0) is 44.6 Å². The van der Waals surface area contributed by atoms with E-state index >= 15 is 0 Å². The van der Waals surface area contributed by atoms with Crippen molar-refractivity contribution in [2.75, 3.05) is 20.3 Å². The second-order valence-electron chi connectivity index (χ2n) is 4.86. The number of methoxy groups -OCH3 is 1. The molecule has 1 saturated carbocycles. The molecule has 0 aliphatic heterocycles. The third-order valence-electron chi connectivity index (χ3n) is 3.29. The molecule has 1 aliphatic rings. The molecular weight excluding hydrogens is 188 g/mol. The molecule has 3 nitrogen and oxygen atoms in total. The van der Waals surface area contributed by atoms with E-state index in [0.29, 0.717) is 12.1 Å². The van der Waals surface area contributed by atoms with Crippen molar-refractivity contribution in [2.45, 2.75) is 51.1 Å². The minimum absolute atomic E-state index is 0.494. The molecule has 3 unspecified atom stereocenters. The first-order valence-corrected chi connectivity index (χ1v) is 6.21. The molecule has 3 atom stereocenters. The van der Waals surface area contributed by atoms with Gasteiger partial charge in [0.25, 0.3) is 0 Å². The Morgan fingerprint density at radius 2 is 2.27 bits per heavy atom. The van der Waals surface area contributed by atoms with Gasteiger partial charge in [-0.3, -0.25) is 0 Å². The van der Waals surface area contributed by atoms with Crippen molar-refractivity contribution >= 4 is 0 Å². The van der Waals surface area contributed by atoms with E-state index in [1.54, 1.807) is 7.11 Å². The van der Waals surface area contributed by atoms with Crippen LogP contribution in [-0.2, 0) is 4.74 Å². The lowest BCUT2D eigenvalue weighted by Gasteiger charge is -2.22. The molecule has 0 amide bonds. The second-order valence-corrected chi connectivity index (χ2v) is 4.86. The molecule has 1 aliphatic carbocycles. The van der Waals surface area contributed by atoms with E-state index in [-0.39, 0.29) is 0 Å². The van der Waals surface area contributed by atoms with E-state index in [0.717, 1.165) is 31.9 Å². The number of nitrogens with one attached hydrogen (secondary N) is 1. The summed E-state index contributed by atoms with van der Waals surface area (Å²) in [5.74, 6) is 0.889. The van der Waals surface area contributed by atoms with Gasteiger partial charge in [-0.2, -0.15) is 0 Å². The molecule has 0 heterocycles. The van der Waals surface area contributed by atoms with Crippen molar-refractivity contribution in [3.05, 3.63) is 0 Å². The number of ether oxygens (including phenoxy) is 1. The quantitative estimate of drug-likeness (QED) is 0.675. The molecule has 3 heteroatoms. The average molecular weight is 214 g/mol. The molecule has 0 saturated heterocycles. The zero-order chi connectivity index (χ0) is 11.1. The second kappa shape index (κ2) is 7.20. The summed E-state index contributed by atoms with van der Waals surface area (Å²) >= 11 is 0. The predicted octanol–water partition coefficient (Wildman–Crippen LogP) is 1.52. The molecule has 0 aromatic heterocycles. The van der Waals surface area contributed by atoms with Crippen LogP contribution in [0.15, 0.2) is 0 Å². The largest absolute Gasteiger partial charge is 0.383 e. The normalized spacial score (nSPS) is 28.2. The molecule has 0 radical (unpaired) electrons. The van der Waals surface area contributed by atoms with Crippen LogP contribution in [0.4, 0.5) is 0 Å². The minimum Gasteiger partial charge on any atom is -0.383 e. The lowest BCUT2D eigenvalue weighted by atomic mass is 10.1. The summed E-state index contributed by atoms with van der Waals surface area (Å²) in [6, 6.07) is 1.20. The molecule has 0 bridgehead atoms. The lowest BCUT2D eigenvalue weighted by Crippen LogP contribution is -2.40. The van der Waals surface area contributed by atoms with Gasteiger partial charge in [0.05, 0.1) is 6.61 Å². The zero-order valence-corrected chi connectivity index (χ0v) is 10.2. The molecule has 1 rings (SSSR count). The smallest absolute Gasteiger partial charge is 0.0615 e. The van der Waals surface area contributed by atoms with Crippen LogP contribution >= 0.6 is 0 Å². The summed E-state index contributed by atoms with van der Waals surface area (Å²) in [5.41, 5.74) is 5.53. The highest BCUT2D eigenvalue weighted by molar-refractivity contribution is 4.81. The summed E-state index contributed by atoms with van der Waals surface area (Å²) in [4.78, 5) is 0. The highest BCUT2D eigenvalue weighted by Gasteiger charge is 2.23. The molecule has 3 N–H and O–H groups in total. The fourth-order valence-corrected chi connectivity index (χ4v) is 2.47. The number of hydrogen-bond acceptors (Lipinski definition) is 3. The summed E-state index contributed by atoms with van der Waals surface area (Å²) in [5, 5.41) is 3.70. The molecule has 90 valence electrons. The number of nitrogens with two attached hydrogens (primary N) is 1. The first-order chi connectivity index (χ1) is 7.26. The van der Waals surface area contributed by atoms with Crippen LogP contribution in [0.3, 0.4) is 0 Å². The maximum atomic E-state index is 5.53. The molecule has 0 aromatic carbocycles. The molecule has 1 fully saturated rings. The zero-order valence-electron chi connectivity index (χ0n) is 10.2. The number of hydrogen-bond donors (Lipinski definition) is 2. The van der Waals surface area contributed by atoms with E-state index in [4.69, 9.17) is 10.5 Å². The molecular formula is C12H26N2O. The average Bonchev–Trinajstić information content (AvgIpc) is 2.61. The Kier molecular flexibility index (Phi) is 6.22. The highest BCUT2D eigenvalue weighted by Crippen LogP contribution is 2.25. The molecule has 0 aromatic rings. The van der Waals surface area contributed by atoms with Crippen molar-refractivity contribution < 1.29 is 4.74 Å². The molecule has 0 spiro atoms. The van der Waals surface area contributed by atoms with Crippen molar-refractivity contribution in [3.8, 4) is 0 Å². The SMILES string of the molecule is COCC(CCCN)NC1CCC(C)C1. The summed E-state index contributed by atoms with van der Waals surface area (Å²) in [6.07, 6.45) is 6.24. The maximum absolute atomic E-state index is 5.53. The fraction of sp³-hybridized carbons (Fsp3) is 1.00. The van der Waals surface area contributed by atoms with Crippen LogP contribution in [0.5, 0.6) is 0 Å². The van der Waals surface area contributed by atoms with E-state index in [2.05, 4.69) is 12.2 Å². The monoisotopic (exact) mass is 214 g/mol. The van der Waals surface area contributed by atoms with E-state index < -0.39 is 0 Å². The van der Waals surface area contributed by atoms with Crippen LogP contribution in [-0.4, -0.2) is 32.3 Å². The van der Waals surface area contributed by atoms with Crippen LogP contribution in [0.25, 0.3) is 0 Å². The van der Waals surface area contributed by atoms with Crippen molar-refractivity contribution in [1.82, 2.24) is 5.32 Å². The van der Waals surface area contributed by atoms with Gasteiger partial charge < -0.3 is 15.8 Å². The lowest BCUT2D eigenvalue weighted by molar-refractivity contribution is 0.155. The van der Waals surface area contributed by atoms with Crippen LogP contribution in [0.1, 0.15) is 39.0 Å². The van der Waals surface area contributed by atoms with Gasteiger partial charge in [0.1, 0.15) is 0 Å². The van der Waals surface area contributed by atoms with Crippen molar-refractivity contribution in [3.63, 3.8) is 0 Å². The van der Waals surface area contributed by atoms with Crippen molar-refractivity contribution in [1.29, 1.82) is 0 Å². The van der Waals surface area contributed by atoms with Gasteiger partial charge in [0, 0.05) is 19.2 Å². The maximum Gasteiger partial charge on any atom is 0.0615 e. The van der Waals surface area contributed by atoms with E-state index in [1.165, 1.54) is 19.3 Å². The Hall–Kier alpha value is -0.120. The van der Waals surface area contributed by atoms with Gasteiger partial charge in [-0.25, -0.2) is 0 Å². The Morgan fingerprint density at radius 3 is 2.80 bits per heavy atom. The molecule has 15 heavy (non-hydrogen) atoms. The van der Waals surface area contributed by atoms with Crippen LogP contribution in [0, 0.1) is 5.92 Å². The van der Waals surface area contributed by atoms with E-state index in [1.807, 2.05) is 0 Å². The van der Waals surface area contributed by atoms with Gasteiger partial charge >= 0.3 is 0 Å². The Labute approximate surface area is 93.8 Å². The van der Waals surface area contributed by atoms with Gasteiger partial charge in [0.15, 0.2) is 0 Å². The Bertz CT molecular complexity index is 164. The standard InChI is InChI=1S/C12H26N2O/c1-10-5-6-11(8-10)14-12(9-15-2)4-3-7-13/h10-12,14H,3-9,13H2,1-2H3. The third kappa shape index (κ3) is 4.96. The summed E-state index contributed by atoms with van der Waals surface area (Å²) in [6.45, 7) is 3.93. The van der Waals surface area contributed by atoms with Gasteiger partial charge in [0.2, 0.25) is 0 Å². The van der Waals surface area contributed by atoms with Crippen LogP contribution in [0.2, 0.25) is 0 Å². The minimum atomic E-state index is 0.494. The summed E-state index contributed by atoms with van der Waals surface area (Å²) < 4.78 is 5.23. The predicted molar refractivity (Wildman–Crippen MR) is 63.9 cm³/mol. The Balaban J connectivity index is 2.23. The first kappa shape index (κ1) is 12.9. The van der Waals surface area contributed by atoms with Crippen molar-refractivity contribution in [2.24, 2.45) is 11.7 Å². The third-order valence-corrected chi connectivity index (χ3v) is 3.29. The topological polar surface area (TPSA) is 47.3 Å². The highest BCUT2D eigenvalue weighted by atomic mass is 16.5.